The highest BCUT2D eigenvalue weighted by Crippen LogP contribution is 2.11. The monoisotopic (exact) mass is 366 g/mol. The molecule has 0 spiro atoms. The molecule has 24 heavy (non-hydrogen) atoms. The minimum absolute atomic E-state index is 0.0221. The largest absolute Gasteiger partial charge is 0.356 e. The van der Waals surface area contributed by atoms with E-state index in [-0.39, 0.29) is 10.8 Å². The number of carbonyl (C=O) groups excluding carboxylic acids is 1. The van der Waals surface area contributed by atoms with Crippen molar-refractivity contribution in [2.45, 2.75) is 24.2 Å². The first-order valence-corrected chi connectivity index (χ1v) is 9.40. The molecule has 0 atom stereocenters. The van der Waals surface area contributed by atoms with Gasteiger partial charge in [-0.3, -0.25) is 4.79 Å². The normalized spacial score (nSPS) is 11.2. The Morgan fingerprint density at radius 2 is 1.50 bits per heavy atom. The van der Waals surface area contributed by atoms with E-state index >= 15 is 0 Å². The van der Waals surface area contributed by atoms with Crippen molar-refractivity contribution < 1.29 is 13.2 Å². The molecule has 0 aliphatic heterocycles. The van der Waals surface area contributed by atoms with E-state index in [0.29, 0.717) is 30.8 Å². The molecular formula is C17H19ClN2O3S. The van der Waals surface area contributed by atoms with Crippen LogP contribution in [-0.2, 0) is 27.7 Å². The second kappa shape index (κ2) is 8.28. The molecule has 2 rings (SSSR count). The van der Waals surface area contributed by atoms with Crippen LogP contribution in [0.5, 0.6) is 0 Å². The minimum Gasteiger partial charge on any atom is -0.356 e. The van der Waals surface area contributed by atoms with Crippen LogP contribution in [0.3, 0.4) is 0 Å². The average Bonchev–Trinajstić information content (AvgIpc) is 2.54. The Morgan fingerprint density at radius 1 is 0.958 bits per heavy atom. The van der Waals surface area contributed by atoms with Gasteiger partial charge in [0.1, 0.15) is 0 Å². The number of hydrogen-bond donors (Lipinski definition) is 2. The van der Waals surface area contributed by atoms with E-state index < -0.39 is 10.0 Å². The number of primary sulfonamides is 1. The molecule has 7 heteroatoms. The molecule has 2 aromatic rings. The zero-order valence-corrected chi connectivity index (χ0v) is 14.6. The summed E-state index contributed by atoms with van der Waals surface area (Å²) in [5.41, 5.74) is 1.99. The van der Waals surface area contributed by atoms with Gasteiger partial charge in [0.05, 0.1) is 4.90 Å². The van der Waals surface area contributed by atoms with Crippen LogP contribution < -0.4 is 10.5 Å². The summed E-state index contributed by atoms with van der Waals surface area (Å²) in [5.74, 6) is -0.0221. The van der Waals surface area contributed by atoms with Crippen LogP contribution in [0.2, 0.25) is 5.02 Å². The summed E-state index contributed by atoms with van der Waals surface area (Å²) in [6, 6.07) is 13.7. The second-order valence-corrected chi connectivity index (χ2v) is 7.41. The first kappa shape index (κ1) is 18.4. The van der Waals surface area contributed by atoms with Crippen molar-refractivity contribution in [1.82, 2.24) is 5.32 Å². The maximum Gasteiger partial charge on any atom is 0.238 e. The summed E-state index contributed by atoms with van der Waals surface area (Å²) >= 11 is 5.82. The van der Waals surface area contributed by atoms with Crippen molar-refractivity contribution >= 4 is 27.5 Å². The molecule has 128 valence electrons. The number of carbonyl (C=O) groups is 1. The number of nitrogens with two attached hydrogens (primary N) is 1. The Hall–Kier alpha value is -1.89. The quantitative estimate of drug-likeness (QED) is 0.787. The third kappa shape index (κ3) is 5.96. The van der Waals surface area contributed by atoms with E-state index in [4.69, 9.17) is 16.7 Å². The number of benzene rings is 2. The fraction of sp³-hybridized carbons (Fsp3) is 0.235. The molecule has 2 aromatic carbocycles. The molecule has 1 amide bonds. The number of amides is 1. The second-order valence-electron chi connectivity index (χ2n) is 5.42. The predicted molar refractivity (Wildman–Crippen MR) is 94.3 cm³/mol. The summed E-state index contributed by atoms with van der Waals surface area (Å²) in [4.78, 5) is 11.9. The standard InChI is InChI=1S/C17H19ClN2O3S/c18-15-6-1-13(2-7-15)5-10-17(21)20-12-11-14-3-8-16(9-4-14)24(19,22)23/h1-4,6-9H,5,10-12H2,(H,20,21)(H2,19,22,23). The zero-order chi connectivity index (χ0) is 17.6. The van der Waals surface area contributed by atoms with E-state index in [1.54, 1.807) is 24.3 Å². The number of hydrogen-bond acceptors (Lipinski definition) is 3. The molecule has 0 radical (unpaired) electrons. The lowest BCUT2D eigenvalue weighted by atomic mass is 10.1. The van der Waals surface area contributed by atoms with E-state index in [1.165, 1.54) is 12.1 Å². The fourth-order valence-electron chi connectivity index (χ4n) is 2.19. The lowest BCUT2D eigenvalue weighted by molar-refractivity contribution is -0.121. The van der Waals surface area contributed by atoms with Gasteiger partial charge in [-0.1, -0.05) is 35.9 Å². The van der Waals surface area contributed by atoms with Crippen LogP contribution >= 0.6 is 11.6 Å². The van der Waals surface area contributed by atoms with Crippen molar-refractivity contribution in [3.8, 4) is 0 Å². The predicted octanol–water partition coefficient (Wildman–Crippen LogP) is 2.28. The molecule has 0 bridgehead atoms. The Morgan fingerprint density at radius 3 is 2.08 bits per heavy atom. The molecule has 0 heterocycles. The molecule has 0 aliphatic rings. The van der Waals surface area contributed by atoms with Gasteiger partial charge >= 0.3 is 0 Å². The van der Waals surface area contributed by atoms with E-state index in [1.807, 2.05) is 12.1 Å². The van der Waals surface area contributed by atoms with Gasteiger partial charge in [0.15, 0.2) is 0 Å². The van der Waals surface area contributed by atoms with Gasteiger partial charge in [0, 0.05) is 18.0 Å². The van der Waals surface area contributed by atoms with Crippen LogP contribution in [0.15, 0.2) is 53.4 Å². The van der Waals surface area contributed by atoms with Gasteiger partial charge in [-0.15, -0.1) is 0 Å². The average molecular weight is 367 g/mol. The van der Waals surface area contributed by atoms with Crippen molar-refractivity contribution in [3.05, 3.63) is 64.7 Å². The zero-order valence-electron chi connectivity index (χ0n) is 13.0. The summed E-state index contributed by atoms with van der Waals surface area (Å²) in [6.45, 7) is 0.494. The highest BCUT2D eigenvalue weighted by Gasteiger charge is 2.07. The minimum atomic E-state index is -3.67. The summed E-state index contributed by atoms with van der Waals surface area (Å²) < 4.78 is 22.3. The molecule has 0 saturated carbocycles. The van der Waals surface area contributed by atoms with Gasteiger partial charge in [-0.05, 0) is 48.2 Å². The summed E-state index contributed by atoms with van der Waals surface area (Å²) in [5, 5.41) is 8.57. The van der Waals surface area contributed by atoms with Crippen LogP contribution in [0.4, 0.5) is 0 Å². The molecule has 0 saturated heterocycles. The van der Waals surface area contributed by atoms with Crippen molar-refractivity contribution in [2.24, 2.45) is 5.14 Å². The number of aryl methyl sites for hydroxylation is 1. The van der Waals surface area contributed by atoms with Crippen LogP contribution in [0.1, 0.15) is 17.5 Å². The smallest absolute Gasteiger partial charge is 0.238 e. The maximum absolute atomic E-state index is 11.8. The van der Waals surface area contributed by atoms with E-state index in [2.05, 4.69) is 5.32 Å². The van der Waals surface area contributed by atoms with Crippen molar-refractivity contribution in [1.29, 1.82) is 0 Å². The van der Waals surface area contributed by atoms with Crippen LogP contribution in [-0.4, -0.2) is 20.9 Å². The number of halogens is 1. The summed E-state index contributed by atoms with van der Waals surface area (Å²) in [7, 11) is -3.67. The molecular weight excluding hydrogens is 348 g/mol. The number of rotatable bonds is 7. The molecule has 3 N–H and O–H groups in total. The topological polar surface area (TPSA) is 89.3 Å². The van der Waals surface area contributed by atoms with Gasteiger partial charge in [-0.2, -0.15) is 0 Å². The first-order valence-electron chi connectivity index (χ1n) is 7.47. The Bertz CT molecular complexity index is 788. The third-order valence-electron chi connectivity index (χ3n) is 3.54. The van der Waals surface area contributed by atoms with Gasteiger partial charge < -0.3 is 5.32 Å². The molecule has 0 aromatic heterocycles. The maximum atomic E-state index is 11.8. The molecule has 5 nitrogen and oxygen atoms in total. The Balaban J connectivity index is 1.73. The molecule has 0 aliphatic carbocycles. The lowest BCUT2D eigenvalue weighted by Gasteiger charge is -2.06. The Kier molecular flexibility index (Phi) is 6.36. The van der Waals surface area contributed by atoms with E-state index in [0.717, 1.165) is 11.1 Å². The highest BCUT2D eigenvalue weighted by atomic mass is 35.5. The third-order valence-corrected chi connectivity index (χ3v) is 4.72. The lowest BCUT2D eigenvalue weighted by Crippen LogP contribution is -2.25. The molecule has 0 unspecified atom stereocenters. The van der Waals surface area contributed by atoms with Gasteiger partial charge in [0.2, 0.25) is 15.9 Å². The van der Waals surface area contributed by atoms with Crippen molar-refractivity contribution in [3.63, 3.8) is 0 Å². The van der Waals surface area contributed by atoms with Gasteiger partial charge in [0.25, 0.3) is 0 Å². The summed E-state index contributed by atoms with van der Waals surface area (Å²) in [6.07, 6.45) is 1.69. The van der Waals surface area contributed by atoms with Crippen molar-refractivity contribution in [2.75, 3.05) is 6.54 Å². The SMILES string of the molecule is NS(=O)(=O)c1ccc(CCNC(=O)CCc2ccc(Cl)cc2)cc1. The molecule has 0 fully saturated rings. The first-order chi connectivity index (χ1) is 11.3. The highest BCUT2D eigenvalue weighted by molar-refractivity contribution is 7.89. The van der Waals surface area contributed by atoms with E-state index in [9.17, 15) is 13.2 Å². The van der Waals surface area contributed by atoms with Crippen LogP contribution in [0, 0.1) is 0 Å². The number of sulfonamides is 1. The fourth-order valence-corrected chi connectivity index (χ4v) is 2.83. The Labute approximate surface area is 146 Å². The van der Waals surface area contributed by atoms with Gasteiger partial charge in [-0.25, -0.2) is 13.6 Å². The number of nitrogens with one attached hydrogen (secondary N) is 1. The van der Waals surface area contributed by atoms with Crippen LogP contribution in [0.25, 0.3) is 0 Å².